The molecule has 1 aromatic rings. The van der Waals surface area contributed by atoms with Crippen molar-refractivity contribution < 1.29 is 9.53 Å². The van der Waals surface area contributed by atoms with E-state index in [4.69, 9.17) is 16.3 Å². The number of nitrogens with zero attached hydrogens (tertiary/aromatic N) is 4. The number of rotatable bonds is 2. The van der Waals surface area contributed by atoms with Crippen molar-refractivity contribution in [3.8, 4) is 6.01 Å². The first-order chi connectivity index (χ1) is 7.69. The molecule has 6 nitrogen and oxygen atoms in total. The summed E-state index contributed by atoms with van der Waals surface area (Å²) in [6.07, 6.45) is 1.04. The Morgan fingerprint density at radius 2 is 1.94 bits per heavy atom. The highest BCUT2D eigenvalue weighted by atomic mass is 35.5. The van der Waals surface area contributed by atoms with E-state index in [1.807, 2.05) is 4.90 Å². The molecule has 7 heteroatoms. The largest absolute Gasteiger partial charge is 0.467 e. The van der Waals surface area contributed by atoms with Gasteiger partial charge in [-0.1, -0.05) is 0 Å². The van der Waals surface area contributed by atoms with Crippen LogP contribution in [0.1, 0.15) is 12.8 Å². The molecule has 1 aliphatic rings. The molecule has 0 saturated carbocycles. The van der Waals surface area contributed by atoms with Gasteiger partial charge in [0, 0.05) is 25.9 Å². The number of ketones is 1. The number of carbonyl (C=O) groups excluding carboxylic acids is 1. The Labute approximate surface area is 97.6 Å². The van der Waals surface area contributed by atoms with Crippen molar-refractivity contribution >= 4 is 23.3 Å². The minimum Gasteiger partial charge on any atom is -0.467 e. The van der Waals surface area contributed by atoms with Gasteiger partial charge in [0.05, 0.1) is 7.11 Å². The van der Waals surface area contributed by atoms with Gasteiger partial charge in [0.25, 0.3) is 0 Å². The van der Waals surface area contributed by atoms with E-state index in [1.165, 1.54) is 7.11 Å². The highest BCUT2D eigenvalue weighted by molar-refractivity contribution is 6.28. The Bertz CT molecular complexity index is 402. The van der Waals surface area contributed by atoms with Crippen LogP contribution in [-0.2, 0) is 4.79 Å². The second-order valence-corrected chi connectivity index (χ2v) is 3.75. The molecule has 1 aromatic heterocycles. The zero-order chi connectivity index (χ0) is 11.5. The molecular formula is C9H11ClN4O2. The molecule has 0 unspecified atom stereocenters. The number of ether oxygens (including phenoxy) is 1. The molecule has 0 bridgehead atoms. The maximum Gasteiger partial charge on any atom is 0.322 e. The molecule has 0 aromatic carbocycles. The molecule has 0 spiro atoms. The summed E-state index contributed by atoms with van der Waals surface area (Å²) < 4.78 is 4.91. The van der Waals surface area contributed by atoms with Crippen LogP contribution >= 0.6 is 11.6 Å². The predicted molar refractivity (Wildman–Crippen MR) is 57.8 cm³/mol. The normalized spacial score (nSPS) is 16.4. The number of halogens is 1. The molecule has 2 rings (SSSR count). The van der Waals surface area contributed by atoms with E-state index in [0.717, 1.165) is 0 Å². The molecule has 2 heterocycles. The average Bonchev–Trinajstić information content (AvgIpc) is 2.29. The summed E-state index contributed by atoms with van der Waals surface area (Å²) in [6.45, 7) is 1.23. The van der Waals surface area contributed by atoms with Crippen molar-refractivity contribution in [2.75, 3.05) is 25.1 Å². The molecule has 0 atom stereocenters. The fourth-order valence-electron chi connectivity index (χ4n) is 1.51. The van der Waals surface area contributed by atoms with Crippen molar-refractivity contribution in [1.82, 2.24) is 15.0 Å². The number of piperidine rings is 1. The zero-order valence-electron chi connectivity index (χ0n) is 8.81. The summed E-state index contributed by atoms with van der Waals surface area (Å²) in [7, 11) is 1.47. The average molecular weight is 243 g/mol. The highest BCUT2D eigenvalue weighted by Gasteiger charge is 2.19. The van der Waals surface area contributed by atoms with Crippen LogP contribution in [0, 0.1) is 0 Å². The van der Waals surface area contributed by atoms with Gasteiger partial charge in [-0.2, -0.15) is 15.0 Å². The van der Waals surface area contributed by atoms with E-state index < -0.39 is 0 Å². The fraction of sp³-hybridized carbons (Fsp3) is 0.556. The molecule has 16 heavy (non-hydrogen) atoms. The van der Waals surface area contributed by atoms with Gasteiger partial charge in [-0.3, -0.25) is 4.79 Å². The quantitative estimate of drug-likeness (QED) is 0.761. The van der Waals surface area contributed by atoms with Crippen molar-refractivity contribution in [2.24, 2.45) is 0 Å². The van der Waals surface area contributed by atoms with E-state index in [2.05, 4.69) is 15.0 Å². The molecule has 1 aliphatic heterocycles. The van der Waals surface area contributed by atoms with Gasteiger partial charge in [-0.05, 0) is 11.6 Å². The maximum atomic E-state index is 11.1. The summed E-state index contributed by atoms with van der Waals surface area (Å²) in [6, 6.07) is 0.187. The summed E-state index contributed by atoms with van der Waals surface area (Å²) in [5, 5.41) is 0.0961. The monoisotopic (exact) mass is 242 g/mol. The molecule has 0 amide bonds. The number of hydrogen-bond acceptors (Lipinski definition) is 6. The Hall–Kier alpha value is -1.43. The number of Topliss-reactive ketones (excluding diaryl/α,β-unsaturated/α-hetero) is 1. The van der Waals surface area contributed by atoms with E-state index in [1.54, 1.807) is 0 Å². The van der Waals surface area contributed by atoms with Crippen LogP contribution in [0.4, 0.5) is 5.95 Å². The lowest BCUT2D eigenvalue weighted by Crippen LogP contribution is -2.35. The Balaban J connectivity index is 2.19. The third kappa shape index (κ3) is 2.38. The standard InChI is InChI=1S/C9H11ClN4O2/c1-16-9-12-7(10)11-8(13-9)14-4-2-6(15)3-5-14/h2-5H2,1H3. The second-order valence-electron chi connectivity index (χ2n) is 3.42. The van der Waals surface area contributed by atoms with Crippen LogP contribution in [0.25, 0.3) is 0 Å². The molecule has 0 N–H and O–H groups in total. The number of carbonyl (C=O) groups is 1. The minimum atomic E-state index is 0.0961. The number of hydrogen-bond donors (Lipinski definition) is 0. The van der Waals surface area contributed by atoms with Gasteiger partial charge in [-0.25, -0.2) is 0 Å². The number of aromatic nitrogens is 3. The van der Waals surface area contributed by atoms with Crippen LogP contribution in [-0.4, -0.2) is 40.9 Å². The Morgan fingerprint density at radius 3 is 2.56 bits per heavy atom. The smallest absolute Gasteiger partial charge is 0.322 e. The lowest BCUT2D eigenvalue weighted by molar-refractivity contribution is -0.119. The SMILES string of the molecule is COc1nc(Cl)nc(N2CCC(=O)CC2)n1. The van der Waals surface area contributed by atoms with E-state index in [0.29, 0.717) is 31.9 Å². The van der Waals surface area contributed by atoms with Crippen molar-refractivity contribution in [3.63, 3.8) is 0 Å². The summed E-state index contributed by atoms with van der Waals surface area (Å²) >= 11 is 5.74. The molecule has 1 fully saturated rings. The topological polar surface area (TPSA) is 68.2 Å². The molecule has 86 valence electrons. The van der Waals surface area contributed by atoms with Gasteiger partial charge in [0.2, 0.25) is 11.2 Å². The zero-order valence-corrected chi connectivity index (χ0v) is 9.57. The van der Waals surface area contributed by atoms with Gasteiger partial charge in [-0.15, -0.1) is 0 Å². The van der Waals surface area contributed by atoms with E-state index in [9.17, 15) is 4.79 Å². The van der Waals surface area contributed by atoms with Gasteiger partial charge in [0.1, 0.15) is 5.78 Å². The second kappa shape index (κ2) is 4.61. The van der Waals surface area contributed by atoms with Gasteiger partial charge in [0.15, 0.2) is 0 Å². The lowest BCUT2D eigenvalue weighted by Gasteiger charge is -2.25. The lowest BCUT2D eigenvalue weighted by atomic mass is 10.1. The highest BCUT2D eigenvalue weighted by Crippen LogP contribution is 2.17. The van der Waals surface area contributed by atoms with Crippen LogP contribution in [0.15, 0.2) is 0 Å². The number of anilines is 1. The van der Waals surface area contributed by atoms with E-state index >= 15 is 0 Å². The minimum absolute atomic E-state index is 0.0961. The molecule has 0 radical (unpaired) electrons. The number of methoxy groups -OCH3 is 1. The van der Waals surface area contributed by atoms with Crippen LogP contribution in [0.3, 0.4) is 0 Å². The molecular weight excluding hydrogens is 232 g/mol. The first-order valence-corrected chi connectivity index (χ1v) is 5.29. The third-order valence-corrected chi connectivity index (χ3v) is 2.53. The van der Waals surface area contributed by atoms with Crippen LogP contribution in [0.5, 0.6) is 6.01 Å². The predicted octanol–water partition coefficient (Wildman–Crippen LogP) is 0.703. The summed E-state index contributed by atoms with van der Waals surface area (Å²) in [5.41, 5.74) is 0. The van der Waals surface area contributed by atoms with Crippen LogP contribution in [0.2, 0.25) is 5.28 Å². The summed E-state index contributed by atoms with van der Waals surface area (Å²) in [4.78, 5) is 24.9. The fourth-order valence-corrected chi connectivity index (χ4v) is 1.66. The van der Waals surface area contributed by atoms with Gasteiger partial charge < -0.3 is 9.64 Å². The van der Waals surface area contributed by atoms with Crippen molar-refractivity contribution in [3.05, 3.63) is 5.28 Å². The maximum absolute atomic E-state index is 11.1. The molecule has 0 aliphatic carbocycles. The van der Waals surface area contributed by atoms with E-state index in [-0.39, 0.29) is 17.1 Å². The van der Waals surface area contributed by atoms with Crippen molar-refractivity contribution in [1.29, 1.82) is 0 Å². The molecule has 1 saturated heterocycles. The van der Waals surface area contributed by atoms with Gasteiger partial charge >= 0.3 is 6.01 Å². The van der Waals surface area contributed by atoms with Crippen LogP contribution < -0.4 is 9.64 Å². The third-order valence-electron chi connectivity index (χ3n) is 2.36. The summed E-state index contributed by atoms with van der Waals surface area (Å²) in [5.74, 6) is 0.729. The first-order valence-electron chi connectivity index (χ1n) is 4.91. The Morgan fingerprint density at radius 1 is 1.25 bits per heavy atom. The van der Waals surface area contributed by atoms with Crippen molar-refractivity contribution in [2.45, 2.75) is 12.8 Å². The Kier molecular flexibility index (Phi) is 3.19. The first kappa shape index (κ1) is 11.1.